The van der Waals surface area contributed by atoms with Gasteiger partial charge in [0.2, 0.25) is 5.88 Å². The van der Waals surface area contributed by atoms with E-state index in [0.29, 0.717) is 5.88 Å². The Kier molecular flexibility index (Phi) is 4.56. The van der Waals surface area contributed by atoms with E-state index in [-0.39, 0.29) is 18.6 Å². The molecule has 1 fully saturated rings. The van der Waals surface area contributed by atoms with Crippen LogP contribution in [0.3, 0.4) is 0 Å². The zero-order chi connectivity index (χ0) is 17.1. The molecule has 0 unspecified atom stereocenters. The fourth-order valence-corrected chi connectivity index (χ4v) is 3.98. The van der Waals surface area contributed by atoms with E-state index in [2.05, 4.69) is 15.0 Å². The Morgan fingerprint density at radius 3 is 3.04 bits per heavy atom. The summed E-state index contributed by atoms with van der Waals surface area (Å²) < 4.78 is 5.74. The van der Waals surface area contributed by atoms with Crippen LogP contribution in [0.5, 0.6) is 5.88 Å². The van der Waals surface area contributed by atoms with Crippen LogP contribution in [0.15, 0.2) is 42.2 Å². The summed E-state index contributed by atoms with van der Waals surface area (Å²) >= 11 is 1.60. The van der Waals surface area contributed by atoms with Crippen molar-refractivity contribution in [2.75, 3.05) is 13.2 Å². The number of amides is 1. The summed E-state index contributed by atoms with van der Waals surface area (Å²) in [5.41, 5.74) is 0.804. The predicted octanol–water partition coefficient (Wildman–Crippen LogP) is 3.22. The monoisotopic (exact) mass is 354 g/mol. The molecule has 128 valence electrons. The molecule has 1 saturated heterocycles. The summed E-state index contributed by atoms with van der Waals surface area (Å²) in [6.07, 6.45) is 6.34. The Hall–Kier alpha value is -2.54. The summed E-state index contributed by atoms with van der Waals surface area (Å²) in [6, 6.07) is 7.68. The Labute approximate surface area is 149 Å². The molecule has 0 aliphatic carbocycles. The second-order valence-electron chi connectivity index (χ2n) is 5.95. The molecular weight excluding hydrogens is 336 g/mol. The number of rotatable bonds is 4. The van der Waals surface area contributed by atoms with Gasteiger partial charge < -0.3 is 9.64 Å². The van der Waals surface area contributed by atoms with Crippen LogP contribution in [-0.4, -0.2) is 38.9 Å². The minimum absolute atomic E-state index is 0.0249. The van der Waals surface area contributed by atoms with E-state index >= 15 is 0 Å². The molecule has 1 aliphatic rings. The first-order chi connectivity index (χ1) is 12.3. The van der Waals surface area contributed by atoms with Gasteiger partial charge in [-0.2, -0.15) is 0 Å². The number of nitrogens with zero attached hydrogens (tertiary/aromatic N) is 4. The molecule has 1 aromatic carbocycles. The second kappa shape index (κ2) is 7.14. The third kappa shape index (κ3) is 3.32. The average Bonchev–Trinajstić information content (AvgIpc) is 3.21. The lowest BCUT2D eigenvalue weighted by Crippen LogP contribution is -2.41. The van der Waals surface area contributed by atoms with Crippen molar-refractivity contribution in [2.24, 2.45) is 0 Å². The summed E-state index contributed by atoms with van der Waals surface area (Å²) in [5, 5.41) is 3.77. The molecule has 4 rings (SSSR count). The topological polar surface area (TPSA) is 68.2 Å². The Bertz CT molecular complexity index is 863. The number of aromatic nitrogens is 3. The largest absolute Gasteiger partial charge is 0.467 e. The molecule has 2 aromatic heterocycles. The smallest absolute Gasteiger partial charge is 0.261 e. The number of hydrogen-bond acceptors (Lipinski definition) is 6. The Morgan fingerprint density at radius 1 is 1.24 bits per heavy atom. The van der Waals surface area contributed by atoms with Crippen molar-refractivity contribution in [3.05, 3.63) is 47.2 Å². The first-order valence-electron chi connectivity index (χ1n) is 8.34. The van der Waals surface area contributed by atoms with Crippen LogP contribution >= 0.6 is 11.3 Å². The molecule has 6 nitrogen and oxygen atoms in total. The number of likely N-dealkylation sites (tertiary alicyclic amines) is 1. The van der Waals surface area contributed by atoms with Crippen molar-refractivity contribution < 1.29 is 9.53 Å². The summed E-state index contributed by atoms with van der Waals surface area (Å²) in [5.74, 6) is 0.421. The zero-order valence-electron chi connectivity index (χ0n) is 13.7. The van der Waals surface area contributed by atoms with E-state index in [1.807, 2.05) is 34.5 Å². The minimum atomic E-state index is -0.0254. The van der Waals surface area contributed by atoms with Crippen LogP contribution in [0.4, 0.5) is 0 Å². The number of hydrogen-bond donors (Lipinski definition) is 0. The highest BCUT2D eigenvalue weighted by Crippen LogP contribution is 2.32. The maximum absolute atomic E-state index is 12.7. The van der Waals surface area contributed by atoms with Crippen molar-refractivity contribution in [1.82, 2.24) is 19.9 Å². The molecule has 1 aliphatic heterocycles. The first-order valence-corrected chi connectivity index (χ1v) is 9.22. The number of fused-ring (bicyclic) bond motifs is 1. The van der Waals surface area contributed by atoms with Gasteiger partial charge in [-0.25, -0.2) is 15.0 Å². The van der Waals surface area contributed by atoms with Crippen molar-refractivity contribution >= 4 is 28.1 Å². The molecule has 0 spiro atoms. The van der Waals surface area contributed by atoms with Crippen LogP contribution in [-0.2, 0) is 4.79 Å². The lowest BCUT2D eigenvalue weighted by molar-refractivity contribution is -0.137. The second-order valence-corrected chi connectivity index (χ2v) is 6.88. The first kappa shape index (κ1) is 16.0. The van der Waals surface area contributed by atoms with Gasteiger partial charge in [0.1, 0.15) is 11.3 Å². The van der Waals surface area contributed by atoms with Gasteiger partial charge in [0, 0.05) is 18.1 Å². The van der Waals surface area contributed by atoms with Crippen LogP contribution in [0, 0.1) is 0 Å². The predicted molar refractivity (Wildman–Crippen MR) is 95.5 cm³/mol. The van der Waals surface area contributed by atoms with Crippen LogP contribution in [0.25, 0.3) is 10.9 Å². The molecule has 0 N–H and O–H groups in total. The maximum Gasteiger partial charge on any atom is 0.261 e. The standard InChI is InChI=1S/C18H18N4O2S/c23-16(22-9-4-3-7-15(22)18-19-8-10-25-18)11-24-17-13-5-1-2-6-14(13)20-12-21-17/h1-2,5-6,8,10,12,15H,3-4,7,9,11H2/t15-/m1/s1. The fourth-order valence-electron chi connectivity index (χ4n) is 3.19. The number of piperidine rings is 1. The Morgan fingerprint density at radius 2 is 2.16 bits per heavy atom. The number of thiazole rings is 1. The van der Waals surface area contributed by atoms with E-state index in [0.717, 1.165) is 41.7 Å². The maximum atomic E-state index is 12.7. The molecule has 3 aromatic rings. The lowest BCUT2D eigenvalue weighted by Gasteiger charge is -2.34. The van der Waals surface area contributed by atoms with Gasteiger partial charge in [0.05, 0.1) is 16.9 Å². The van der Waals surface area contributed by atoms with Gasteiger partial charge in [-0.3, -0.25) is 4.79 Å². The molecule has 0 radical (unpaired) electrons. The van der Waals surface area contributed by atoms with Crippen molar-refractivity contribution in [1.29, 1.82) is 0 Å². The van der Waals surface area contributed by atoms with E-state index < -0.39 is 0 Å². The van der Waals surface area contributed by atoms with Gasteiger partial charge in [-0.15, -0.1) is 11.3 Å². The molecule has 1 amide bonds. The fraction of sp³-hybridized carbons (Fsp3) is 0.333. The summed E-state index contributed by atoms with van der Waals surface area (Å²) in [4.78, 5) is 27.4. The number of carbonyl (C=O) groups is 1. The average molecular weight is 354 g/mol. The summed E-state index contributed by atoms with van der Waals surface area (Å²) in [6.45, 7) is 0.722. The van der Waals surface area contributed by atoms with Gasteiger partial charge in [-0.05, 0) is 31.4 Å². The molecule has 0 saturated carbocycles. The van der Waals surface area contributed by atoms with Crippen LogP contribution in [0.1, 0.15) is 30.3 Å². The summed E-state index contributed by atoms with van der Waals surface area (Å²) in [7, 11) is 0. The highest BCUT2D eigenvalue weighted by atomic mass is 32.1. The van der Waals surface area contributed by atoms with Crippen molar-refractivity contribution in [3.8, 4) is 5.88 Å². The Balaban J connectivity index is 1.49. The number of carbonyl (C=O) groups excluding carboxylic acids is 1. The normalized spacial score (nSPS) is 17.6. The molecule has 0 bridgehead atoms. The van der Waals surface area contributed by atoms with E-state index in [1.165, 1.54) is 6.33 Å². The van der Waals surface area contributed by atoms with Crippen molar-refractivity contribution in [3.63, 3.8) is 0 Å². The highest BCUT2D eigenvalue weighted by molar-refractivity contribution is 7.09. The van der Waals surface area contributed by atoms with E-state index in [9.17, 15) is 4.79 Å². The SMILES string of the molecule is O=C(COc1ncnc2ccccc12)N1CCCC[C@@H]1c1nccs1. The number of ether oxygens (including phenoxy) is 1. The van der Waals surface area contributed by atoms with Crippen LogP contribution in [0.2, 0.25) is 0 Å². The third-order valence-electron chi connectivity index (χ3n) is 4.40. The van der Waals surface area contributed by atoms with E-state index in [1.54, 1.807) is 17.5 Å². The molecule has 1 atom stereocenters. The molecule has 7 heteroatoms. The highest BCUT2D eigenvalue weighted by Gasteiger charge is 2.29. The van der Waals surface area contributed by atoms with Crippen LogP contribution < -0.4 is 4.74 Å². The van der Waals surface area contributed by atoms with E-state index in [4.69, 9.17) is 4.74 Å². The van der Waals surface area contributed by atoms with Gasteiger partial charge in [0.25, 0.3) is 5.91 Å². The zero-order valence-corrected chi connectivity index (χ0v) is 14.5. The molecule has 3 heterocycles. The number of benzene rings is 1. The third-order valence-corrected chi connectivity index (χ3v) is 5.28. The number of para-hydroxylation sites is 1. The molecule has 25 heavy (non-hydrogen) atoms. The minimum Gasteiger partial charge on any atom is -0.467 e. The lowest BCUT2D eigenvalue weighted by atomic mass is 10.0. The molecular formula is C18H18N4O2S. The van der Waals surface area contributed by atoms with Gasteiger partial charge in [-0.1, -0.05) is 12.1 Å². The van der Waals surface area contributed by atoms with Crippen molar-refractivity contribution in [2.45, 2.75) is 25.3 Å². The van der Waals surface area contributed by atoms with Gasteiger partial charge in [0.15, 0.2) is 6.61 Å². The quantitative estimate of drug-likeness (QED) is 0.719. The van der Waals surface area contributed by atoms with Gasteiger partial charge >= 0.3 is 0 Å².